The second-order valence-corrected chi connectivity index (χ2v) is 10.5. The van der Waals surface area contributed by atoms with E-state index in [-0.39, 0.29) is 17.3 Å². The first-order valence-corrected chi connectivity index (χ1v) is 12.6. The van der Waals surface area contributed by atoms with Gasteiger partial charge >= 0.3 is 0 Å². The van der Waals surface area contributed by atoms with E-state index in [1.165, 1.54) is 22.7 Å². The third-order valence-electron chi connectivity index (χ3n) is 5.93. The largest absolute Gasteiger partial charge is 0.354 e. The highest BCUT2D eigenvalue weighted by molar-refractivity contribution is 7.93. The summed E-state index contributed by atoms with van der Waals surface area (Å²) in [5.41, 5.74) is 4.69. The van der Waals surface area contributed by atoms with Gasteiger partial charge in [-0.3, -0.25) is 13.8 Å². The fourth-order valence-electron chi connectivity index (χ4n) is 4.33. The lowest BCUT2D eigenvalue weighted by atomic mass is 9.97. The van der Waals surface area contributed by atoms with Gasteiger partial charge in [-0.1, -0.05) is 17.7 Å². The number of carbonyl (C=O) groups is 1. The van der Waals surface area contributed by atoms with Crippen molar-refractivity contribution >= 4 is 21.6 Å². The highest BCUT2D eigenvalue weighted by Gasteiger charge is 2.32. The van der Waals surface area contributed by atoms with Crippen LogP contribution >= 0.6 is 0 Å². The molecule has 1 amide bonds. The number of allylic oxidation sites excluding steroid dienone is 1. The Balaban J connectivity index is 1.87. The van der Waals surface area contributed by atoms with Crippen molar-refractivity contribution in [2.24, 2.45) is 7.05 Å². The third-order valence-corrected chi connectivity index (χ3v) is 7.95. The molecule has 0 bridgehead atoms. The van der Waals surface area contributed by atoms with Crippen LogP contribution in [0.4, 0.5) is 5.69 Å². The summed E-state index contributed by atoms with van der Waals surface area (Å²) >= 11 is 0. The van der Waals surface area contributed by atoms with Crippen molar-refractivity contribution in [1.82, 2.24) is 15.1 Å². The van der Waals surface area contributed by atoms with Crippen LogP contribution in [0.5, 0.6) is 0 Å². The predicted molar refractivity (Wildman–Crippen MR) is 127 cm³/mol. The Morgan fingerprint density at radius 3 is 2.38 bits per heavy atom. The van der Waals surface area contributed by atoms with Crippen molar-refractivity contribution < 1.29 is 13.2 Å². The van der Waals surface area contributed by atoms with E-state index in [1.807, 2.05) is 19.9 Å². The van der Waals surface area contributed by atoms with E-state index >= 15 is 0 Å². The van der Waals surface area contributed by atoms with Gasteiger partial charge in [-0.2, -0.15) is 5.10 Å². The molecule has 1 heterocycles. The molecule has 0 unspecified atom stereocenters. The summed E-state index contributed by atoms with van der Waals surface area (Å²) in [5, 5.41) is 7.18. The van der Waals surface area contributed by atoms with Crippen LogP contribution in [-0.2, 0) is 21.9 Å². The highest BCUT2D eigenvalue weighted by Crippen LogP contribution is 2.29. The van der Waals surface area contributed by atoms with Gasteiger partial charge in [0, 0.05) is 13.6 Å². The van der Waals surface area contributed by atoms with Crippen LogP contribution in [0.1, 0.15) is 54.6 Å². The van der Waals surface area contributed by atoms with Gasteiger partial charge in [0.1, 0.15) is 11.4 Å². The smallest absolute Gasteiger partial charge is 0.268 e. The van der Waals surface area contributed by atoms with E-state index in [0.29, 0.717) is 23.6 Å². The topological polar surface area (TPSA) is 84.3 Å². The minimum Gasteiger partial charge on any atom is -0.354 e. The molecule has 7 nitrogen and oxygen atoms in total. The molecule has 1 aromatic carbocycles. The molecule has 0 aliphatic heterocycles. The van der Waals surface area contributed by atoms with Crippen molar-refractivity contribution in [2.45, 2.75) is 64.7 Å². The van der Waals surface area contributed by atoms with Gasteiger partial charge in [0.15, 0.2) is 0 Å². The SMILES string of the molecule is Cc1cc(C)cc(N(CC(=O)NCCC2=CCCCC2)S(=O)(=O)c2c(C)nn(C)c2C)c1. The number of amides is 1. The number of aromatic nitrogens is 2. The van der Waals surface area contributed by atoms with Gasteiger partial charge in [0.05, 0.1) is 17.1 Å². The highest BCUT2D eigenvalue weighted by atomic mass is 32.2. The van der Waals surface area contributed by atoms with Crippen molar-refractivity contribution in [3.8, 4) is 0 Å². The average molecular weight is 459 g/mol. The molecular formula is C24H34N4O3S. The van der Waals surface area contributed by atoms with Crippen LogP contribution in [0.3, 0.4) is 0 Å². The normalized spacial score (nSPS) is 14.2. The molecule has 0 fully saturated rings. The van der Waals surface area contributed by atoms with Gasteiger partial charge in [-0.25, -0.2) is 8.42 Å². The standard InChI is InChI=1S/C24H34N4O3S/c1-17-13-18(2)15-22(14-17)28(32(30,31)24-19(3)26-27(5)20(24)4)16-23(29)25-12-11-21-9-7-6-8-10-21/h9,13-15H,6-8,10-12,16H2,1-5H3,(H,25,29). The lowest BCUT2D eigenvalue weighted by Gasteiger charge is -2.25. The molecule has 0 atom stereocenters. The van der Waals surface area contributed by atoms with E-state index in [0.717, 1.165) is 30.4 Å². The zero-order chi connectivity index (χ0) is 23.5. The Morgan fingerprint density at radius 2 is 1.81 bits per heavy atom. The minimum absolute atomic E-state index is 0.152. The summed E-state index contributed by atoms with van der Waals surface area (Å²) in [7, 11) is -2.27. The summed E-state index contributed by atoms with van der Waals surface area (Å²) in [6.07, 6.45) is 7.68. The number of anilines is 1. The molecule has 1 aromatic heterocycles. The van der Waals surface area contributed by atoms with Crippen molar-refractivity contribution in [1.29, 1.82) is 0 Å². The Labute approximate surface area is 191 Å². The van der Waals surface area contributed by atoms with Gasteiger partial charge < -0.3 is 5.32 Å². The van der Waals surface area contributed by atoms with Crippen LogP contribution < -0.4 is 9.62 Å². The number of nitrogens with zero attached hydrogens (tertiary/aromatic N) is 3. The Hall–Kier alpha value is -2.61. The predicted octanol–water partition coefficient (Wildman–Crippen LogP) is 3.86. The lowest BCUT2D eigenvalue weighted by molar-refractivity contribution is -0.119. The first-order chi connectivity index (χ1) is 15.1. The van der Waals surface area contributed by atoms with Gasteiger partial charge in [-0.15, -0.1) is 0 Å². The Morgan fingerprint density at radius 1 is 1.12 bits per heavy atom. The molecule has 2 aromatic rings. The molecule has 1 N–H and O–H groups in total. The zero-order valence-corrected chi connectivity index (χ0v) is 20.6. The first kappa shape index (κ1) is 24.0. The number of nitrogens with one attached hydrogen (secondary N) is 1. The minimum atomic E-state index is -3.99. The summed E-state index contributed by atoms with van der Waals surface area (Å²) in [5.74, 6) is -0.316. The second-order valence-electron chi connectivity index (χ2n) is 8.69. The lowest BCUT2D eigenvalue weighted by Crippen LogP contribution is -2.41. The molecule has 1 aliphatic rings. The molecule has 0 saturated carbocycles. The second kappa shape index (κ2) is 9.90. The number of hydrogen-bond acceptors (Lipinski definition) is 4. The fourth-order valence-corrected chi connectivity index (χ4v) is 6.14. The maximum Gasteiger partial charge on any atom is 0.268 e. The van der Waals surface area contributed by atoms with Crippen LogP contribution in [0.15, 0.2) is 34.7 Å². The van der Waals surface area contributed by atoms with Crippen LogP contribution in [-0.4, -0.2) is 37.2 Å². The number of rotatable bonds is 8. The summed E-state index contributed by atoms with van der Waals surface area (Å²) in [6.45, 7) is 7.47. The van der Waals surface area contributed by atoms with E-state index < -0.39 is 10.0 Å². The number of benzene rings is 1. The molecule has 174 valence electrons. The molecule has 0 spiro atoms. The van der Waals surface area contributed by atoms with Gasteiger partial charge in [0.2, 0.25) is 5.91 Å². The monoisotopic (exact) mass is 458 g/mol. The zero-order valence-electron chi connectivity index (χ0n) is 19.7. The molecule has 1 aliphatic carbocycles. The number of aryl methyl sites for hydroxylation is 4. The van der Waals surface area contributed by atoms with Crippen molar-refractivity contribution in [2.75, 3.05) is 17.4 Å². The number of carbonyl (C=O) groups excluding carboxylic acids is 1. The molecule has 0 saturated heterocycles. The third kappa shape index (κ3) is 5.41. The van der Waals surface area contributed by atoms with E-state index in [4.69, 9.17) is 0 Å². The fraction of sp³-hybridized carbons (Fsp3) is 0.500. The number of hydrogen-bond donors (Lipinski definition) is 1. The van der Waals surface area contributed by atoms with Crippen LogP contribution in [0.2, 0.25) is 0 Å². The van der Waals surface area contributed by atoms with Crippen LogP contribution in [0.25, 0.3) is 0 Å². The molecule has 8 heteroatoms. The average Bonchev–Trinajstić information content (AvgIpc) is 2.98. The quantitative estimate of drug-likeness (QED) is 0.609. The Bertz CT molecular complexity index is 1110. The maximum absolute atomic E-state index is 13.8. The van der Waals surface area contributed by atoms with Crippen LogP contribution in [0, 0.1) is 27.7 Å². The van der Waals surface area contributed by atoms with E-state index in [9.17, 15) is 13.2 Å². The van der Waals surface area contributed by atoms with E-state index in [2.05, 4.69) is 16.5 Å². The first-order valence-electron chi connectivity index (χ1n) is 11.2. The van der Waals surface area contributed by atoms with Crippen molar-refractivity contribution in [3.63, 3.8) is 0 Å². The molecular weight excluding hydrogens is 424 g/mol. The van der Waals surface area contributed by atoms with Crippen molar-refractivity contribution in [3.05, 3.63) is 52.4 Å². The van der Waals surface area contributed by atoms with Gasteiger partial charge in [-0.05, 0) is 83.1 Å². The molecule has 32 heavy (non-hydrogen) atoms. The molecule has 0 radical (unpaired) electrons. The maximum atomic E-state index is 13.8. The summed E-state index contributed by atoms with van der Waals surface area (Å²) in [6, 6.07) is 5.57. The Kier molecular flexibility index (Phi) is 7.44. The number of sulfonamides is 1. The van der Waals surface area contributed by atoms with Gasteiger partial charge in [0.25, 0.3) is 10.0 Å². The van der Waals surface area contributed by atoms with E-state index in [1.54, 1.807) is 37.7 Å². The molecule has 3 rings (SSSR count). The summed E-state index contributed by atoms with van der Waals surface area (Å²) < 4.78 is 30.3. The summed E-state index contributed by atoms with van der Waals surface area (Å²) in [4.78, 5) is 13.0.